The zero-order chi connectivity index (χ0) is 11.3. The number of ether oxygens (including phenoxy) is 1. The minimum atomic E-state index is 0.225. The van der Waals surface area contributed by atoms with E-state index in [4.69, 9.17) is 22.7 Å². The fraction of sp³-hybridized carbons (Fsp3) is 0.800. The van der Waals surface area contributed by atoms with E-state index in [2.05, 4.69) is 0 Å². The molecule has 0 aromatic carbocycles. The van der Waals surface area contributed by atoms with Gasteiger partial charge in [0.2, 0.25) is 5.91 Å². The zero-order valence-electron chi connectivity index (χ0n) is 9.07. The summed E-state index contributed by atoms with van der Waals surface area (Å²) in [4.78, 5) is 14.1. The van der Waals surface area contributed by atoms with Gasteiger partial charge < -0.3 is 15.4 Å². The molecule has 15 heavy (non-hydrogen) atoms. The molecule has 1 aliphatic carbocycles. The molecule has 0 aromatic rings. The molecule has 0 bridgehead atoms. The molecule has 1 aliphatic rings. The predicted octanol–water partition coefficient (Wildman–Crippen LogP) is 0.548. The molecule has 1 rings (SSSR count). The highest BCUT2D eigenvalue weighted by Gasteiger charge is 2.32. The average Bonchev–Trinajstić information content (AvgIpc) is 3.00. The summed E-state index contributed by atoms with van der Waals surface area (Å²) in [6, 6.07) is 0. The minimum Gasteiger partial charge on any atom is -0.393 e. The first-order valence-corrected chi connectivity index (χ1v) is 5.62. The van der Waals surface area contributed by atoms with E-state index in [-0.39, 0.29) is 11.8 Å². The van der Waals surface area contributed by atoms with Crippen LogP contribution in [0.4, 0.5) is 0 Å². The van der Waals surface area contributed by atoms with Gasteiger partial charge in [0.1, 0.15) is 0 Å². The fourth-order valence-electron chi connectivity index (χ4n) is 1.37. The molecule has 0 spiro atoms. The third kappa shape index (κ3) is 4.57. The molecule has 0 heterocycles. The number of methoxy groups -OCH3 is 1. The number of rotatable bonds is 7. The van der Waals surface area contributed by atoms with Crippen LogP contribution in [0.2, 0.25) is 0 Å². The second-order valence-electron chi connectivity index (χ2n) is 3.81. The Hall–Kier alpha value is -0.680. The Bertz CT molecular complexity index is 242. The Morgan fingerprint density at radius 2 is 2.20 bits per heavy atom. The lowest BCUT2D eigenvalue weighted by atomic mass is 10.3. The summed E-state index contributed by atoms with van der Waals surface area (Å²) in [5.41, 5.74) is 5.42. The van der Waals surface area contributed by atoms with E-state index in [1.807, 2.05) is 0 Å². The standard InChI is InChI=1S/C10H18N2O2S/c1-14-7-6-12(5-4-9(11)15)10(13)8-2-3-8/h8H,2-7H2,1H3,(H2,11,15). The maximum atomic E-state index is 11.8. The van der Waals surface area contributed by atoms with Gasteiger partial charge in [-0.2, -0.15) is 0 Å². The topological polar surface area (TPSA) is 55.6 Å². The summed E-state index contributed by atoms with van der Waals surface area (Å²) in [6.07, 6.45) is 2.64. The lowest BCUT2D eigenvalue weighted by molar-refractivity contribution is -0.133. The Balaban J connectivity index is 2.36. The van der Waals surface area contributed by atoms with Crippen molar-refractivity contribution in [3.8, 4) is 0 Å². The van der Waals surface area contributed by atoms with Crippen LogP contribution in [0.15, 0.2) is 0 Å². The number of nitrogens with zero attached hydrogens (tertiary/aromatic N) is 1. The maximum Gasteiger partial charge on any atom is 0.225 e. The third-order valence-electron chi connectivity index (χ3n) is 2.43. The van der Waals surface area contributed by atoms with Crippen LogP contribution in [0, 0.1) is 5.92 Å². The number of hydrogen-bond donors (Lipinski definition) is 1. The van der Waals surface area contributed by atoms with Crippen molar-refractivity contribution in [3.05, 3.63) is 0 Å². The van der Waals surface area contributed by atoms with Crippen LogP contribution >= 0.6 is 12.2 Å². The van der Waals surface area contributed by atoms with Crippen molar-refractivity contribution in [3.63, 3.8) is 0 Å². The van der Waals surface area contributed by atoms with Crippen molar-refractivity contribution >= 4 is 23.1 Å². The SMILES string of the molecule is COCCN(CCC(N)=S)C(=O)C1CC1. The van der Waals surface area contributed by atoms with E-state index >= 15 is 0 Å². The van der Waals surface area contributed by atoms with E-state index in [0.29, 0.717) is 31.1 Å². The third-order valence-corrected chi connectivity index (χ3v) is 2.64. The Morgan fingerprint density at radius 1 is 1.53 bits per heavy atom. The van der Waals surface area contributed by atoms with Gasteiger partial charge in [-0.3, -0.25) is 4.79 Å². The number of amides is 1. The molecule has 0 aromatic heterocycles. The average molecular weight is 230 g/mol. The number of hydrogen-bond acceptors (Lipinski definition) is 3. The maximum absolute atomic E-state index is 11.8. The van der Waals surface area contributed by atoms with E-state index in [1.165, 1.54) is 0 Å². The molecule has 0 saturated heterocycles. The van der Waals surface area contributed by atoms with Crippen molar-refractivity contribution in [2.75, 3.05) is 26.8 Å². The Morgan fingerprint density at radius 3 is 2.67 bits per heavy atom. The predicted molar refractivity (Wildman–Crippen MR) is 62.6 cm³/mol. The molecule has 0 aliphatic heterocycles. The van der Waals surface area contributed by atoms with Gasteiger partial charge in [-0.1, -0.05) is 12.2 Å². The summed E-state index contributed by atoms with van der Waals surface area (Å²) in [5.74, 6) is 0.469. The second kappa shape index (κ2) is 6.02. The molecule has 0 unspecified atom stereocenters. The van der Waals surface area contributed by atoms with E-state index in [0.717, 1.165) is 12.8 Å². The normalized spacial score (nSPS) is 15.0. The van der Waals surface area contributed by atoms with Crippen molar-refractivity contribution in [2.45, 2.75) is 19.3 Å². The molecular formula is C10H18N2O2S. The van der Waals surface area contributed by atoms with Crippen LogP contribution in [0.1, 0.15) is 19.3 Å². The van der Waals surface area contributed by atoms with E-state index in [1.54, 1.807) is 12.0 Å². The number of carbonyl (C=O) groups is 1. The molecule has 2 N–H and O–H groups in total. The molecule has 1 saturated carbocycles. The molecule has 4 nitrogen and oxygen atoms in total. The van der Waals surface area contributed by atoms with Crippen LogP contribution in [-0.4, -0.2) is 42.6 Å². The summed E-state index contributed by atoms with van der Waals surface area (Å²) >= 11 is 4.80. The Kier molecular flexibility index (Phi) is 4.98. The van der Waals surface area contributed by atoms with Gasteiger partial charge in [0.15, 0.2) is 0 Å². The smallest absolute Gasteiger partial charge is 0.225 e. The summed E-state index contributed by atoms with van der Waals surface area (Å²) in [6.45, 7) is 1.82. The fourth-order valence-corrected chi connectivity index (χ4v) is 1.46. The van der Waals surface area contributed by atoms with Gasteiger partial charge in [0, 0.05) is 32.5 Å². The lowest BCUT2D eigenvalue weighted by Crippen LogP contribution is -2.37. The minimum absolute atomic E-state index is 0.225. The first kappa shape index (κ1) is 12.4. The Labute approximate surface area is 95.8 Å². The van der Waals surface area contributed by atoms with Crippen molar-refractivity contribution < 1.29 is 9.53 Å². The van der Waals surface area contributed by atoms with Crippen LogP contribution in [-0.2, 0) is 9.53 Å². The largest absolute Gasteiger partial charge is 0.393 e. The van der Waals surface area contributed by atoms with Crippen LogP contribution in [0.5, 0.6) is 0 Å². The van der Waals surface area contributed by atoms with Crippen LogP contribution in [0.25, 0.3) is 0 Å². The lowest BCUT2D eigenvalue weighted by Gasteiger charge is -2.22. The monoisotopic (exact) mass is 230 g/mol. The number of nitrogens with two attached hydrogens (primary N) is 1. The van der Waals surface area contributed by atoms with E-state index in [9.17, 15) is 4.79 Å². The van der Waals surface area contributed by atoms with Crippen molar-refractivity contribution in [1.29, 1.82) is 0 Å². The second-order valence-corrected chi connectivity index (χ2v) is 4.33. The highest BCUT2D eigenvalue weighted by Crippen LogP contribution is 2.30. The van der Waals surface area contributed by atoms with Gasteiger partial charge in [-0.25, -0.2) is 0 Å². The van der Waals surface area contributed by atoms with Crippen molar-refractivity contribution in [1.82, 2.24) is 4.90 Å². The summed E-state index contributed by atoms with van der Waals surface area (Å²) < 4.78 is 4.97. The zero-order valence-corrected chi connectivity index (χ0v) is 9.89. The van der Waals surface area contributed by atoms with Gasteiger partial charge in [0.25, 0.3) is 0 Å². The first-order valence-electron chi connectivity index (χ1n) is 5.21. The van der Waals surface area contributed by atoms with Gasteiger partial charge in [-0.05, 0) is 12.8 Å². The van der Waals surface area contributed by atoms with Gasteiger partial charge >= 0.3 is 0 Å². The van der Waals surface area contributed by atoms with Crippen LogP contribution < -0.4 is 5.73 Å². The number of thiocarbonyl (C=S) groups is 1. The van der Waals surface area contributed by atoms with Gasteiger partial charge in [0.05, 0.1) is 11.6 Å². The summed E-state index contributed by atoms with van der Waals surface area (Å²) in [7, 11) is 1.63. The van der Waals surface area contributed by atoms with E-state index < -0.39 is 0 Å². The van der Waals surface area contributed by atoms with Gasteiger partial charge in [-0.15, -0.1) is 0 Å². The van der Waals surface area contributed by atoms with Crippen molar-refractivity contribution in [2.24, 2.45) is 11.7 Å². The molecule has 86 valence electrons. The molecule has 5 heteroatoms. The summed E-state index contributed by atoms with van der Waals surface area (Å²) in [5, 5.41) is 0. The molecule has 1 amide bonds. The number of carbonyl (C=O) groups excluding carboxylic acids is 1. The molecule has 0 radical (unpaired) electrons. The highest BCUT2D eigenvalue weighted by molar-refractivity contribution is 7.80. The molecular weight excluding hydrogens is 212 g/mol. The highest BCUT2D eigenvalue weighted by atomic mass is 32.1. The molecule has 1 fully saturated rings. The molecule has 0 atom stereocenters. The first-order chi connectivity index (χ1) is 7.15. The van der Waals surface area contributed by atoms with Crippen LogP contribution in [0.3, 0.4) is 0 Å². The quantitative estimate of drug-likeness (QED) is 0.649.